The third-order valence-electron chi connectivity index (χ3n) is 3.99. The van der Waals surface area contributed by atoms with Gasteiger partial charge in [-0.3, -0.25) is 4.79 Å². The minimum absolute atomic E-state index is 0.00781. The highest BCUT2D eigenvalue weighted by molar-refractivity contribution is 6.11. The summed E-state index contributed by atoms with van der Waals surface area (Å²) in [6.45, 7) is 0.215. The molecule has 0 spiro atoms. The maximum absolute atomic E-state index is 12.4. The molecule has 0 radical (unpaired) electrons. The van der Waals surface area contributed by atoms with Crippen LogP contribution in [0.25, 0.3) is 16.8 Å². The highest BCUT2D eigenvalue weighted by Gasteiger charge is 2.13. The highest BCUT2D eigenvalue weighted by atomic mass is 16.7. The van der Waals surface area contributed by atoms with Gasteiger partial charge in [-0.15, -0.1) is 0 Å². The maximum Gasteiger partial charge on any atom is 0.231 e. The fraction of sp³-hybridized carbons (Fsp3) is 0.0500. The summed E-state index contributed by atoms with van der Waals surface area (Å²) in [6.07, 6.45) is 3.14. The van der Waals surface area contributed by atoms with E-state index >= 15 is 0 Å². The molecule has 0 amide bonds. The Kier molecular flexibility index (Phi) is 3.43. The second kappa shape index (κ2) is 5.74. The van der Waals surface area contributed by atoms with E-state index < -0.39 is 0 Å². The van der Waals surface area contributed by atoms with Crippen molar-refractivity contribution >= 4 is 22.6 Å². The van der Waals surface area contributed by atoms with Crippen LogP contribution in [0.5, 0.6) is 17.2 Å². The summed E-state index contributed by atoms with van der Waals surface area (Å²) in [6, 6.07) is 16.3. The Morgan fingerprint density at radius 3 is 2.75 bits per heavy atom. The molecule has 0 atom stereocenters. The van der Waals surface area contributed by atoms with Crippen molar-refractivity contribution in [2.45, 2.75) is 0 Å². The highest BCUT2D eigenvalue weighted by Crippen LogP contribution is 2.33. The third-order valence-corrected chi connectivity index (χ3v) is 3.99. The smallest absolute Gasteiger partial charge is 0.231 e. The maximum atomic E-state index is 12.4. The number of allylic oxidation sites excluding steroid dienone is 1. The van der Waals surface area contributed by atoms with Crippen molar-refractivity contribution in [1.29, 1.82) is 0 Å². The van der Waals surface area contributed by atoms with E-state index in [2.05, 4.69) is 0 Å². The van der Waals surface area contributed by atoms with Gasteiger partial charge in [-0.1, -0.05) is 42.5 Å². The van der Waals surface area contributed by atoms with E-state index in [1.807, 2.05) is 36.4 Å². The number of phenolic OH excluding ortho intramolecular Hbond substituents is 1. The van der Waals surface area contributed by atoms with Crippen molar-refractivity contribution < 1.29 is 19.4 Å². The molecule has 0 aromatic heterocycles. The Morgan fingerprint density at radius 2 is 1.83 bits per heavy atom. The van der Waals surface area contributed by atoms with Crippen molar-refractivity contribution in [3.63, 3.8) is 0 Å². The van der Waals surface area contributed by atoms with Crippen molar-refractivity contribution in [2.75, 3.05) is 6.79 Å². The van der Waals surface area contributed by atoms with E-state index in [0.29, 0.717) is 16.9 Å². The number of carbonyl (C=O) groups excluding carboxylic acids is 1. The average molecular weight is 318 g/mol. The first-order valence-electron chi connectivity index (χ1n) is 7.55. The predicted molar refractivity (Wildman–Crippen MR) is 91.5 cm³/mol. The van der Waals surface area contributed by atoms with E-state index in [9.17, 15) is 9.90 Å². The van der Waals surface area contributed by atoms with Crippen LogP contribution in [0.1, 0.15) is 15.9 Å². The van der Waals surface area contributed by atoms with Crippen LogP contribution in [0.3, 0.4) is 0 Å². The third kappa shape index (κ3) is 2.48. The molecule has 1 aliphatic rings. The number of benzene rings is 3. The molecule has 3 aromatic carbocycles. The van der Waals surface area contributed by atoms with E-state index in [-0.39, 0.29) is 23.9 Å². The normalized spacial score (nSPS) is 12.8. The molecule has 1 heterocycles. The molecule has 4 rings (SSSR count). The number of phenols is 1. The first-order valence-corrected chi connectivity index (χ1v) is 7.55. The second-order valence-corrected chi connectivity index (χ2v) is 5.49. The molecule has 1 N–H and O–H groups in total. The zero-order chi connectivity index (χ0) is 16.5. The number of hydrogen-bond acceptors (Lipinski definition) is 4. The monoisotopic (exact) mass is 318 g/mol. The topological polar surface area (TPSA) is 55.8 Å². The summed E-state index contributed by atoms with van der Waals surface area (Å²) in [5.41, 5.74) is 1.11. The van der Waals surface area contributed by atoms with Gasteiger partial charge in [0.25, 0.3) is 0 Å². The molecule has 24 heavy (non-hydrogen) atoms. The molecule has 0 aliphatic carbocycles. The van der Waals surface area contributed by atoms with E-state index in [1.54, 1.807) is 24.3 Å². The number of fused-ring (bicyclic) bond motifs is 2. The second-order valence-electron chi connectivity index (χ2n) is 5.49. The SMILES string of the molecule is O=C(C=Cc1ccc2c(c1)OCO2)c1ccc2ccccc2c1O. The number of aromatic hydroxyl groups is 1. The zero-order valence-corrected chi connectivity index (χ0v) is 12.7. The number of hydrogen-bond donors (Lipinski definition) is 1. The van der Waals surface area contributed by atoms with Crippen LogP contribution < -0.4 is 9.47 Å². The first kappa shape index (κ1) is 14.3. The summed E-state index contributed by atoms with van der Waals surface area (Å²) in [5.74, 6) is 1.12. The van der Waals surface area contributed by atoms with E-state index in [0.717, 1.165) is 10.9 Å². The summed E-state index contributed by atoms with van der Waals surface area (Å²) < 4.78 is 10.6. The summed E-state index contributed by atoms with van der Waals surface area (Å²) >= 11 is 0. The number of rotatable bonds is 3. The molecule has 4 heteroatoms. The lowest BCUT2D eigenvalue weighted by Crippen LogP contribution is -1.95. The van der Waals surface area contributed by atoms with Crippen LogP contribution in [0.4, 0.5) is 0 Å². The molecular formula is C20H14O4. The Labute approximate surface area is 138 Å². The van der Waals surface area contributed by atoms with Crippen LogP contribution in [0.15, 0.2) is 60.7 Å². The summed E-state index contributed by atoms with van der Waals surface area (Å²) in [4.78, 5) is 12.4. The first-order chi connectivity index (χ1) is 11.7. The molecule has 3 aromatic rings. The van der Waals surface area contributed by atoms with E-state index in [1.165, 1.54) is 6.08 Å². The molecule has 0 saturated carbocycles. The van der Waals surface area contributed by atoms with Gasteiger partial charge in [0.05, 0.1) is 5.56 Å². The largest absolute Gasteiger partial charge is 0.507 e. The van der Waals surface area contributed by atoms with E-state index in [4.69, 9.17) is 9.47 Å². The van der Waals surface area contributed by atoms with Gasteiger partial charge >= 0.3 is 0 Å². The lowest BCUT2D eigenvalue weighted by atomic mass is 10.0. The van der Waals surface area contributed by atoms with Crippen LogP contribution in [-0.4, -0.2) is 17.7 Å². The number of ketones is 1. The molecule has 0 unspecified atom stereocenters. The molecule has 1 aliphatic heterocycles. The molecular weight excluding hydrogens is 304 g/mol. The zero-order valence-electron chi connectivity index (χ0n) is 12.7. The molecule has 0 bridgehead atoms. The number of carbonyl (C=O) groups is 1. The molecule has 0 saturated heterocycles. The minimum atomic E-state index is -0.254. The van der Waals surface area contributed by atoms with Gasteiger partial charge in [0.15, 0.2) is 17.3 Å². The van der Waals surface area contributed by atoms with Gasteiger partial charge in [-0.25, -0.2) is 0 Å². The van der Waals surface area contributed by atoms with Gasteiger partial charge in [-0.05, 0) is 35.2 Å². The molecule has 118 valence electrons. The molecule has 4 nitrogen and oxygen atoms in total. The van der Waals surface area contributed by atoms with Gasteiger partial charge < -0.3 is 14.6 Å². The van der Waals surface area contributed by atoms with Crippen LogP contribution in [0, 0.1) is 0 Å². The van der Waals surface area contributed by atoms with Crippen molar-refractivity contribution in [3.05, 3.63) is 71.8 Å². The van der Waals surface area contributed by atoms with Gasteiger partial charge in [0.2, 0.25) is 6.79 Å². The van der Waals surface area contributed by atoms with Crippen molar-refractivity contribution in [2.24, 2.45) is 0 Å². The Bertz CT molecular complexity index is 973. The Balaban J connectivity index is 1.63. The molecule has 0 fully saturated rings. The lowest BCUT2D eigenvalue weighted by Gasteiger charge is -2.05. The predicted octanol–water partition coefficient (Wildman–Crippen LogP) is 4.17. The van der Waals surface area contributed by atoms with Crippen LogP contribution in [-0.2, 0) is 0 Å². The summed E-state index contributed by atoms with van der Waals surface area (Å²) in [7, 11) is 0. The number of ether oxygens (including phenoxy) is 2. The van der Waals surface area contributed by atoms with Gasteiger partial charge in [0.1, 0.15) is 5.75 Å². The van der Waals surface area contributed by atoms with Crippen LogP contribution in [0.2, 0.25) is 0 Å². The standard InChI is InChI=1S/C20H14O4/c21-17(9-5-13-6-10-18-19(11-13)24-12-23-18)16-8-7-14-3-1-2-4-15(14)20(16)22/h1-11,22H,12H2. The average Bonchev–Trinajstić information content (AvgIpc) is 3.08. The van der Waals surface area contributed by atoms with Crippen LogP contribution >= 0.6 is 0 Å². The quantitative estimate of drug-likeness (QED) is 0.582. The lowest BCUT2D eigenvalue weighted by molar-refractivity contribution is 0.104. The van der Waals surface area contributed by atoms with Crippen molar-refractivity contribution in [3.8, 4) is 17.2 Å². The van der Waals surface area contributed by atoms with Gasteiger partial charge in [-0.2, -0.15) is 0 Å². The van der Waals surface area contributed by atoms with Crippen molar-refractivity contribution in [1.82, 2.24) is 0 Å². The summed E-state index contributed by atoms with van der Waals surface area (Å²) in [5, 5.41) is 11.9. The Morgan fingerprint density at radius 1 is 1.00 bits per heavy atom. The fourth-order valence-corrected chi connectivity index (χ4v) is 2.73. The Hall–Kier alpha value is -3.27. The fourth-order valence-electron chi connectivity index (χ4n) is 2.73. The van der Waals surface area contributed by atoms with Gasteiger partial charge in [0, 0.05) is 5.39 Å². The minimum Gasteiger partial charge on any atom is -0.507 e.